The number of piperidine rings is 1. The predicted octanol–water partition coefficient (Wildman–Crippen LogP) is 3.02. The molecule has 1 amide bonds. The van der Waals surface area contributed by atoms with Gasteiger partial charge in [-0.15, -0.1) is 0 Å². The van der Waals surface area contributed by atoms with Gasteiger partial charge in [0, 0.05) is 29.9 Å². The highest BCUT2D eigenvalue weighted by atomic mass is 16.4. The molecule has 0 saturated carbocycles. The van der Waals surface area contributed by atoms with E-state index in [1.54, 1.807) is 19.3 Å². The molecule has 0 bridgehead atoms. The fourth-order valence-corrected chi connectivity index (χ4v) is 3.91. The van der Waals surface area contributed by atoms with Gasteiger partial charge < -0.3 is 18.8 Å². The summed E-state index contributed by atoms with van der Waals surface area (Å²) in [5.41, 5.74) is 2.51. The maximum atomic E-state index is 12.7. The fraction of sp³-hybridized carbons (Fsp3) is 0.381. The Bertz CT molecular complexity index is 1160. The lowest BCUT2D eigenvalue weighted by molar-refractivity contribution is -0.145. The molecule has 0 aliphatic carbocycles. The Kier molecular flexibility index (Phi) is 4.45. The van der Waals surface area contributed by atoms with Crippen LogP contribution in [0.25, 0.3) is 21.9 Å². The van der Waals surface area contributed by atoms with Gasteiger partial charge in [-0.3, -0.25) is 9.59 Å². The molecule has 4 rings (SSSR count). The molecule has 1 atom stereocenters. The van der Waals surface area contributed by atoms with Crippen molar-refractivity contribution < 1.29 is 23.5 Å². The second-order valence-corrected chi connectivity index (χ2v) is 7.45. The number of furan rings is 1. The zero-order chi connectivity index (χ0) is 20.0. The first-order valence-corrected chi connectivity index (χ1v) is 9.30. The number of carboxylic acid groups (broad SMARTS) is 1. The van der Waals surface area contributed by atoms with Crippen molar-refractivity contribution in [3.05, 3.63) is 45.5 Å². The Morgan fingerprint density at radius 3 is 2.75 bits per heavy atom. The van der Waals surface area contributed by atoms with Crippen molar-refractivity contribution in [2.24, 2.45) is 5.92 Å². The first-order valence-electron chi connectivity index (χ1n) is 9.30. The van der Waals surface area contributed by atoms with Gasteiger partial charge in [0.2, 0.25) is 5.91 Å². The third-order valence-electron chi connectivity index (χ3n) is 5.63. The van der Waals surface area contributed by atoms with Crippen LogP contribution in [-0.4, -0.2) is 35.0 Å². The molecule has 1 saturated heterocycles. The standard InChI is InChI=1S/C21H21NO6/c1-11-10-27-17-8-18-15(6-14(11)17)12(2)16(21(26)28-18)7-19(23)22-5-3-4-13(9-22)20(24)25/h6,8,10,13H,3-5,7,9H2,1-2H3,(H,24,25)/t13-/m1/s1. The molecule has 1 aliphatic heterocycles. The molecule has 1 fully saturated rings. The Morgan fingerprint density at radius 2 is 2.00 bits per heavy atom. The van der Waals surface area contributed by atoms with Gasteiger partial charge in [-0.2, -0.15) is 0 Å². The van der Waals surface area contributed by atoms with Gasteiger partial charge >= 0.3 is 11.6 Å². The summed E-state index contributed by atoms with van der Waals surface area (Å²) in [6.07, 6.45) is 2.76. The third kappa shape index (κ3) is 3.06. The monoisotopic (exact) mass is 383 g/mol. The molecule has 0 spiro atoms. The topological polar surface area (TPSA) is 101 Å². The highest BCUT2D eigenvalue weighted by Crippen LogP contribution is 2.29. The maximum Gasteiger partial charge on any atom is 0.340 e. The molecule has 1 N–H and O–H groups in total. The number of carbonyl (C=O) groups is 2. The number of carbonyl (C=O) groups excluding carboxylic acids is 1. The molecular formula is C21H21NO6. The van der Waals surface area contributed by atoms with Gasteiger partial charge in [0.05, 0.1) is 24.2 Å². The SMILES string of the molecule is Cc1coc2cc3oc(=O)c(CC(=O)N4CCC[C@@H](C(=O)O)C4)c(C)c3cc12. The summed E-state index contributed by atoms with van der Waals surface area (Å²) in [5.74, 6) is -1.69. The van der Waals surface area contributed by atoms with Crippen LogP contribution >= 0.6 is 0 Å². The summed E-state index contributed by atoms with van der Waals surface area (Å²) in [6.45, 7) is 4.43. The number of nitrogens with zero attached hydrogens (tertiary/aromatic N) is 1. The molecule has 7 nitrogen and oxygen atoms in total. The van der Waals surface area contributed by atoms with Crippen molar-refractivity contribution in [1.82, 2.24) is 4.90 Å². The number of likely N-dealkylation sites (tertiary alicyclic amines) is 1. The van der Waals surface area contributed by atoms with Gasteiger partial charge in [0.1, 0.15) is 11.2 Å². The van der Waals surface area contributed by atoms with E-state index in [0.29, 0.717) is 41.7 Å². The zero-order valence-corrected chi connectivity index (χ0v) is 15.8. The smallest absolute Gasteiger partial charge is 0.340 e. The summed E-state index contributed by atoms with van der Waals surface area (Å²) < 4.78 is 10.9. The number of rotatable bonds is 3. The van der Waals surface area contributed by atoms with E-state index in [1.807, 2.05) is 13.0 Å². The largest absolute Gasteiger partial charge is 0.481 e. The lowest BCUT2D eigenvalue weighted by Gasteiger charge is -2.30. The van der Waals surface area contributed by atoms with Crippen molar-refractivity contribution in [2.45, 2.75) is 33.1 Å². The van der Waals surface area contributed by atoms with Gasteiger partial charge in [-0.1, -0.05) is 0 Å². The van der Waals surface area contributed by atoms with Gasteiger partial charge in [0.15, 0.2) is 0 Å². The number of hydrogen-bond donors (Lipinski definition) is 1. The Labute approximate surface area is 160 Å². The first-order chi connectivity index (χ1) is 13.3. The molecule has 7 heteroatoms. The fourth-order valence-electron chi connectivity index (χ4n) is 3.91. The number of carboxylic acids is 1. The molecule has 3 aromatic rings. The molecular weight excluding hydrogens is 362 g/mol. The summed E-state index contributed by atoms with van der Waals surface area (Å²) in [7, 11) is 0. The zero-order valence-electron chi connectivity index (χ0n) is 15.8. The second-order valence-electron chi connectivity index (χ2n) is 7.45. The Hall–Kier alpha value is -3.09. The Balaban J connectivity index is 1.69. The molecule has 0 unspecified atom stereocenters. The first kappa shape index (κ1) is 18.3. The highest BCUT2D eigenvalue weighted by Gasteiger charge is 2.29. The molecule has 2 aromatic heterocycles. The van der Waals surface area contributed by atoms with Gasteiger partial charge in [0.25, 0.3) is 0 Å². The highest BCUT2D eigenvalue weighted by molar-refractivity contribution is 5.96. The van der Waals surface area contributed by atoms with E-state index in [2.05, 4.69) is 0 Å². The molecule has 1 aliphatic rings. The van der Waals surface area contributed by atoms with Crippen LogP contribution in [0.2, 0.25) is 0 Å². The van der Waals surface area contributed by atoms with Crippen LogP contribution in [0, 0.1) is 19.8 Å². The van der Waals surface area contributed by atoms with E-state index in [1.165, 1.54) is 4.90 Å². The summed E-state index contributed by atoms with van der Waals surface area (Å²) in [6, 6.07) is 3.61. The Morgan fingerprint density at radius 1 is 1.21 bits per heavy atom. The quantitative estimate of drug-likeness (QED) is 0.698. The summed E-state index contributed by atoms with van der Waals surface area (Å²) in [4.78, 5) is 38.0. The van der Waals surface area contributed by atoms with Crippen LogP contribution in [0.15, 0.2) is 32.0 Å². The number of aliphatic carboxylic acids is 1. The van der Waals surface area contributed by atoms with E-state index >= 15 is 0 Å². The van der Waals surface area contributed by atoms with E-state index in [0.717, 1.165) is 16.3 Å². The average molecular weight is 383 g/mol. The number of benzene rings is 1. The van der Waals surface area contributed by atoms with Crippen molar-refractivity contribution in [1.29, 1.82) is 0 Å². The predicted molar refractivity (Wildman–Crippen MR) is 102 cm³/mol. The number of hydrogen-bond acceptors (Lipinski definition) is 5. The van der Waals surface area contributed by atoms with Crippen LogP contribution in [0.1, 0.15) is 29.5 Å². The van der Waals surface area contributed by atoms with E-state index < -0.39 is 17.5 Å². The lowest BCUT2D eigenvalue weighted by Crippen LogP contribution is -2.43. The molecule has 28 heavy (non-hydrogen) atoms. The van der Waals surface area contributed by atoms with Crippen molar-refractivity contribution in [2.75, 3.05) is 13.1 Å². The van der Waals surface area contributed by atoms with Crippen LogP contribution in [0.5, 0.6) is 0 Å². The van der Waals surface area contributed by atoms with E-state index in [-0.39, 0.29) is 18.9 Å². The van der Waals surface area contributed by atoms with Crippen molar-refractivity contribution >= 4 is 33.8 Å². The average Bonchev–Trinajstić information content (AvgIpc) is 3.03. The molecule has 3 heterocycles. The molecule has 1 aromatic carbocycles. The maximum absolute atomic E-state index is 12.7. The van der Waals surface area contributed by atoms with Crippen LogP contribution in [0.3, 0.4) is 0 Å². The molecule has 0 radical (unpaired) electrons. The van der Waals surface area contributed by atoms with Crippen LogP contribution in [-0.2, 0) is 16.0 Å². The van der Waals surface area contributed by atoms with Crippen molar-refractivity contribution in [3.63, 3.8) is 0 Å². The van der Waals surface area contributed by atoms with E-state index in [9.17, 15) is 19.5 Å². The normalized spacial score (nSPS) is 17.4. The number of aryl methyl sites for hydroxylation is 2. The van der Waals surface area contributed by atoms with E-state index in [4.69, 9.17) is 8.83 Å². The lowest BCUT2D eigenvalue weighted by atomic mass is 9.97. The number of fused-ring (bicyclic) bond motifs is 2. The summed E-state index contributed by atoms with van der Waals surface area (Å²) >= 11 is 0. The van der Waals surface area contributed by atoms with Crippen molar-refractivity contribution in [3.8, 4) is 0 Å². The van der Waals surface area contributed by atoms with Gasteiger partial charge in [-0.05, 0) is 43.9 Å². The van der Waals surface area contributed by atoms with Gasteiger partial charge in [-0.25, -0.2) is 4.79 Å². The minimum absolute atomic E-state index is 0.0984. The minimum Gasteiger partial charge on any atom is -0.481 e. The summed E-state index contributed by atoms with van der Waals surface area (Å²) in [5, 5.41) is 10.9. The molecule has 146 valence electrons. The third-order valence-corrected chi connectivity index (χ3v) is 5.63. The van der Waals surface area contributed by atoms with Crippen LogP contribution in [0.4, 0.5) is 0 Å². The number of amides is 1. The minimum atomic E-state index is -0.890. The van der Waals surface area contributed by atoms with Crippen LogP contribution < -0.4 is 5.63 Å². The second kappa shape index (κ2) is 6.82.